The summed E-state index contributed by atoms with van der Waals surface area (Å²) in [5.74, 6) is 1.11. The van der Waals surface area contributed by atoms with Gasteiger partial charge in [-0.2, -0.15) is 4.98 Å². The molecule has 1 unspecified atom stereocenters. The van der Waals surface area contributed by atoms with Crippen LogP contribution in [0.5, 0.6) is 0 Å². The molecule has 2 heterocycles. The molecule has 126 valence electrons. The first-order chi connectivity index (χ1) is 12.1. The zero-order valence-electron chi connectivity index (χ0n) is 14.3. The Morgan fingerprint density at radius 2 is 1.88 bits per heavy atom. The second-order valence-electron chi connectivity index (χ2n) is 6.57. The van der Waals surface area contributed by atoms with Gasteiger partial charge in [-0.3, -0.25) is 4.79 Å². The molecule has 1 atom stereocenters. The zero-order chi connectivity index (χ0) is 17.4. The smallest absolute Gasteiger partial charge is 0.232 e. The van der Waals surface area contributed by atoms with Crippen molar-refractivity contribution in [1.82, 2.24) is 10.1 Å². The fourth-order valence-electron chi connectivity index (χ4n) is 3.14. The van der Waals surface area contributed by atoms with E-state index in [0.717, 1.165) is 16.8 Å². The van der Waals surface area contributed by atoms with Crippen LogP contribution < -0.4 is 4.90 Å². The Morgan fingerprint density at radius 1 is 1.08 bits per heavy atom. The molecule has 5 nitrogen and oxygen atoms in total. The first-order valence-corrected chi connectivity index (χ1v) is 8.38. The fourth-order valence-corrected chi connectivity index (χ4v) is 3.14. The van der Waals surface area contributed by atoms with Gasteiger partial charge in [0.25, 0.3) is 0 Å². The molecule has 0 radical (unpaired) electrons. The quantitative estimate of drug-likeness (QED) is 0.730. The van der Waals surface area contributed by atoms with Gasteiger partial charge in [0, 0.05) is 24.2 Å². The zero-order valence-corrected chi connectivity index (χ0v) is 14.3. The Bertz CT molecular complexity index is 915. The molecule has 1 aliphatic heterocycles. The molecular formula is C20H19N3O2. The van der Waals surface area contributed by atoms with Crippen LogP contribution in [-0.4, -0.2) is 22.6 Å². The average molecular weight is 333 g/mol. The second kappa shape index (κ2) is 6.16. The minimum atomic E-state index is -0.0697. The van der Waals surface area contributed by atoms with Gasteiger partial charge < -0.3 is 9.42 Å². The van der Waals surface area contributed by atoms with E-state index >= 15 is 0 Å². The number of anilines is 1. The van der Waals surface area contributed by atoms with E-state index in [-0.39, 0.29) is 11.8 Å². The predicted molar refractivity (Wildman–Crippen MR) is 95.4 cm³/mol. The van der Waals surface area contributed by atoms with E-state index in [1.165, 1.54) is 5.56 Å². The van der Waals surface area contributed by atoms with Gasteiger partial charge in [-0.25, -0.2) is 0 Å². The van der Waals surface area contributed by atoms with Gasteiger partial charge >= 0.3 is 0 Å². The summed E-state index contributed by atoms with van der Waals surface area (Å²) >= 11 is 0. The molecule has 1 fully saturated rings. The summed E-state index contributed by atoms with van der Waals surface area (Å²) in [5.41, 5.74) is 4.15. The van der Waals surface area contributed by atoms with Gasteiger partial charge in [-0.05, 0) is 31.5 Å². The van der Waals surface area contributed by atoms with Crippen molar-refractivity contribution in [3.63, 3.8) is 0 Å². The second-order valence-corrected chi connectivity index (χ2v) is 6.57. The first kappa shape index (κ1) is 15.6. The standard InChI is InChI=1S/C20H19N3O2/c1-13-6-8-15(9-7-13)19-21-20(25-22-19)16-11-18(24)23(12-16)17-5-3-4-14(2)10-17/h3-10,16H,11-12H2,1-2H3. The van der Waals surface area contributed by atoms with Crippen LogP contribution in [0.25, 0.3) is 11.4 Å². The van der Waals surface area contributed by atoms with Gasteiger partial charge in [0.2, 0.25) is 17.6 Å². The van der Waals surface area contributed by atoms with Crippen LogP contribution in [0.15, 0.2) is 53.1 Å². The minimum Gasteiger partial charge on any atom is -0.339 e. The Balaban J connectivity index is 1.55. The summed E-state index contributed by atoms with van der Waals surface area (Å²) < 4.78 is 5.45. The molecule has 0 bridgehead atoms. The van der Waals surface area contributed by atoms with E-state index in [4.69, 9.17) is 4.52 Å². The molecule has 0 saturated carbocycles. The lowest BCUT2D eigenvalue weighted by Crippen LogP contribution is -2.24. The number of carbonyl (C=O) groups is 1. The summed E-state index contributed by atoms with van der Waals surface area (Å²) in [4.78, 5) is 18.7. The van der Waals surface area contributed by atoms with Crippen molar-refractivity contribution in [3.05, 3.63) is 65.5 Å². The summed E-state index contributed by atoms with van der Waals surface area (Å²) in [6.45, 7) is 4.63. The molecule has 1 saturated heterocycles. The SMILES string of the molecule is Cc1ccc(-c2noc(C3CC(=O)N(c4cccc(C)c4)C3)n2)cc1. The summed E-state index contributed by atoms with van der Waals surface area (Å²) in [6.07, 6.45) is 0.392. The molecule has 1 aliphatic rings. The molecule has 2 aromatic carbocycles. The Labute approximate surface area is 146 Å². The third kappa shape index (κ3) is 3.05. The molecule has 0 N–H and O–H groups in total. The number of aryl methyl sites for hydroxylation is 2. The molecule has 1 amide bonds. The Hall–Kier alpha value is -2.95. The van der Waals surface area contributed by atoms with E-state index in [0.29, 0.717) is 24.7 Å². The van der Waals surface area contributed by atoms with Crippen molar-refractivity contribution in [2.75, 3.05) is 11.4 Å². The van der Waals surface area contributed by atoms with Crippen LogP contribution in [0, 0.1) is 13.8 Å². The normalized spacial score (nSPS) is 17.3. The van der Waals surface area contributed by atoms with Crippen molar-refractivity contribution < 1.29 is 9.32 Å². The molecule has 3 aromatic rings. The predicted octanol–water partition coefficient (Wildman–Crippen LogP) is 3.87. The number of amides is 1. The van der Waals surface area contributed by atoms with Crippen molar-refractivity contribution in [2.24, 2.45) is 0 Å². The van der Waals surface area contributed by atoms with Crippen molar-refractivity contribution in [3.8, 4) is 11.4 Å². The fraction of sp³-hybridized carbons (Fsp3) is 0.250. The highest BCUT2D eigenvalue weighted by Crippen LogP contribution is 2.32. The minimum absolute atomic E-state index is 0.0697. The highest BCUT2D eigenvalue weighted by Gasteiger charge is 2.35. The van der Waals surface area contributed by atoms with Gasteiger partial charge in [0.1, 0.15) is 0 Å². The average Bonchev–Trinajstić information content (AvgIpc) is 3.22. The molecule has 4 rings (SSSR count). The number of aromatic nitrogens is 2. The molecule has 1 aromatic heterocycles. The summed E-state index contributed by atoms with van der Waals surface area (Å²) in [6, 6.07) is 15.9. The lowest BCUT2D eigenvalue weighted by Gasteiger charge is -2.16. The Morgan fingerprint density at radius 3 is 2.64 bits per heavy atom. The van der Waals surface area contributed by atoms with Crippen LogP contribution in [0.4, 0.5) is 5.69 Å². The van der Waals surface area contributed by atoms with Gasteiger partial charge in [0.05, 0.1) is 5.92 Å². The van der Waals surface area contributed by atoms with E-state index in [9.17, 15) is 4.79 Å². The highest BCUT2D eigenvalue weighted by molar-refractivity contribution is 5.96. The van der Waals surface area contributed by atoms with Crippen molar-refractivity contribution >= 4 is 11.6 Å². The van der Waals surface area contributed by atoms with Crippen LogP contribution >= 0.6 is 0 Å². The summed E-state index contributed by atoms with van der Waals surface area (Å²) in [5, 5.41) is 4.08. The highest BCUT2D eigenvalue weighted by atomic mass is 16.5. The maximum Gasteiger partial charge on any atom is 0.232 e. The molecular weight excluding hydrogens is 314 g/mol. The van der Waals surface area contributed by atoms with Crippen LogP contribution in [0.2, 0.25) is 0 Å². The first-order valence-electron chi connectivity index (χ1n) is 8.38. The maximum atomic E-state index is 12.4. The molecule has 0 spiro atoms. The van der Waals surface area contributed by atoms with Crippen LogP contribution in [0.3, 0.4) is 0 Å². The van der Waals surface area contributed by atoms with Gasteiger partial charge in [-0.15, -0.1) is 0 Å². The summed E-state index contributed by atoms with van der Waals surface area (Å²) in [7, 11) is 0. The largest absolute Gasteiger partial charge is 0.339 e. The van der Waals surface area contributed by atoms with E-state index in [1.807, 2.05) is 62.4 Å². The monoisotopic (exact) mass is 333 g/mol. The van der Waals surface area contributed by atoms with Crippen molar-refractivity contribution in [1.29, 1.82) is 0 Å². The number of rotatable bonds is 3. The third-order valence-corrected chi connectivity index (χ3v) is 4.54. The lowest BCUT2D eigenvalue weighted by molar-refractivity contribution is -0.117. The van der Waals surface area contributed by atoms with E-state index in [1.54, 1.807) is 4.90 Å². The molecule has 25 heavy (non-hydrogen) atoms. The van der Waals surface area contributed by atoms with Crippen LogP contribution in [-0.2, 0) is 4.79 Å². The van der Waals surface area contributed by atoms with Gasteiger partial charge in [0.15, 0.2) is 0 Å². The van der Waals surface area contributed by atoms with E-state index in [2.05, 4.69) is 10.1 Å². The maximum absolute atomic E-state index is 12.4. The molecule has 0 aliphatic carbocycles. The van der Waals surface area contributed by atoms with E-state index < -0.39 is 0 Å². The third-order valence-electron chi connectivity index (χ3n) is 4.54. The topological polar surface area (TPSA) is 59.2 Å². The van der Waals surface area contributed by atoms with Crippen LogP contribution in [0.1, 0.15) is 29.4 Å². The Kier molecular flexibility index (Phi) is 3.84. The number of benzene rings is 2. The number of hydrogen-bond acceptors (Lipinski definition) is 4. The molecule has 5 heteroatoms. The number of carbonyl (C=O) groups excluding carboxylic acids is 1. The number of hydrogen-bond donors (Lipinski definition) is 0. The lowest BCUT2D eigenvalue weighted by atomic mass is 10.1. The van der Waals surface area contributed by atoms with Crippen molar-refractivity contribution in [2.45, 2.75) is 26.2 Å². The van der Waals surface area contributed by atoms with Gasteiger partial charge in [-0.1, -0.05) is 47.1 Å². The number of nitrogens with zero attached hydrogens (tertiary/aromatic N) is 3.